The van der Waals surface area contributed by atoms with Crippen molar-refractivity contribution < 1.29 is 19.7 Å². The van der Waals surface area contributed by atoms with Gasteiger partial charge in [0.1, 0.15) is 17.1 Å². The minimum atomic E-state index is -0.516. The van der Waals surface area contributed by atoms with E-state index < -0.39 is 11.7 Å². The molecule has 0 aromatic heterocycles. The number of hydrogen-bond donors (Lipinski definition) is 3. The van der Waals surface area contributed by atoms with Crippen LogP contribution in [0.25, 0.3) is 0 Å². The second-order valence-corrected chi connectivity index (χ2v) is 8.47. The van der Waals surface area contributed by atoms with Crippen molar-refractivity contribution in [3.05, 3.63) is 59.7 Å². The molecule has 2 rings (SSSR count). The fraction of sp³-hybridized carbons (Fsp3) is 0.400. The van der Waals surface area contributed by atoms with Crippen LogP contribution in [-0.4, -0.2) is 53.5 Å². The molecule has 1 atom stereocenters. The van der Waals surface area contributed by atoms with E-state index in [2.05, 4.69) is 15.3 Å². The third-order valence-corrected chi connectivity index (χ3v) is 4.48. The summed E-state index contributed by atoms with van der Waals surface area (Å²) in [4.78, 5) is 20.8. The number of rotatable bonds is 10. The molecule has 0 saturated carbocycles. The molecular formula is C25H33N3O4. The number of nitrogens with one attached hydrogen (secondary N) is 1. The molecule has 3 N–H and O–H groups in total. The maximum absolute atomic E-state index is 11.7. The maximum atomic E-state index is 11.7. The average Bonchev–Trinajstić information content (AvgIpc) is 2.72. The maximum Gasteiger partial charge on any atom is 0.407 e. The Kier molecular flexibility index (Phi) is 9.73. The number of benzene rings is 2. The lowest BCUT2D eigenvalue weighted by Crippen LogP contribution is -2.33. The number of carbonyl (C=O) groups excluding carboxylic acids is 1. The van der Waals surface area contributed by atoms with Crippen molar-refractivity contribution in [1.82, 2.24) is 5.32 Å². The van der Waals surface area contributed by atoms with Gasteiger partial charge in [-0.2, -0.15) is 0 Å². The SMILES string of the molecule is CC(C)(C)OC(=O)NCCCC[C@@H](CN=Cc1ccccc1O)N=Cc1ccccc1O. The van der Waals surface area contributed by atoms with Crippen LogP contribution in [0.15, 0.2) is 58.5 Å². The lowest BCUT2D eigenvalue weighted by atomic mass is 10.1. The summed E-state index contributed by atoms with van der Waals surface area (Å²) >= 11 is 0. The normalized spacial score (nSPS) is 12.8. The summed E-state index contributed by atoms with van der Waals surface area (Å²) in [6, 6.07) is 13.9. The highest BCUT2D eigenvalue weighted by Gasteiger charge is 2.15. The summed E-state index contributed by atoms with van der Waals surface area (Å²) in [5.41, 5.74) is 0.782. The highest BCUT2D eigenvalue weighted by Crippen LogP contribution is 2.15. The highest BCUT2D eigenvalue weighted by molar-refractivity contribution is 5.84. The van der Waals surface area contributed by atoms with Gasteiger partial charge in [0.2, 0.25) is 0 Å². The van der Waals surface area contributed by atoms with Gasteiger partial charge in [0.15, 0.2) is 0 Å². The first-order chi connectivity index (χ1) is 15.2. The molecule has 0 bridgehead atoms. The summed E-state index contributed by atoms with van der Waals surface area (Å²) in [6.45, 7) is 6.45. The molecule has 0 saturated heterocycles. The molecule has 7 heteroatoms. The Morgan fingerprint density at radius 3 is 2.19 bits per heavy atom. The second kappa shape index (κ2) is 12.5. The standard InChI is InChI=1S/C25H33N3O4/c1-25(2,3)32-24(31)27-15-9-8-12-21(28-17-20-11-5-7-14-23(20)30)18-26-16-19-10-4-6-13-22(19)29/h4-7,10-11,13-14,16-17,21,29-30H,8-9,12,15,18H2,1-3H3,(H,27,31)/t21-/m0/s1. The minimum absolute atomic E-state index is 0.0989. The van der Waals surface area contributed by atoms with E-state index in [9.17, 15) is 15.0 Å². The minimum Gasteiger partial charge on any atom is -0.507 e. The molecule has 1 amide bonds. The van der Waals surface area contributed by atoms with Crippen molar-refractivity contribution in [2.24, 2.45) is 9.98 Å². The van der Waals surface area contributed by atoms with E-state index in [1.54, 1.807) is 48.8 Å². The first-order valence-corrected chi connectivity index (χ1v) is 10.8. The van der Waals surface area contributed by atoms with E-state index >= 15 is 0 Å². The highest BCUT2D eigenvalue weighted by atomic mass is 16.6. The average molecular weight is 440 g/mol. The van der Waals surface area contributed by atoms with Crippen molar-refractivity contribution in [1.29, 1.82) is 0 Å². The topological polar surface area (TPSA) is 104 Å². The van der Waals surface area contributed by atoms with Crippen LogP contribution in [-0.2, 0) is 4.74 Å². The first kappa shape index (κ1) is 24.9. The number of aliphatic imine (C=N–C) groups is 2. The van der Waals surface area contributed by atoms with E-state index in [0.29, 0.717) is 24.2 Å². The number of hydrogen-bond acceptors (Lipinski definition) is 6. The molecule has 2 aromatic carbocycles. The molecule has 0 heterocycles. The molecule has 7 nitrogen and oxygen atoms in total. The first-order valence-electron chi connectivity index (χ1n) is 10.8. The fourth-order valence-corrected chi connectivity index (χ4v) is 2.87. The Balaban J connectivity index is 1.91. The van der Waals surface area contributed by atoms with Crippen LogP contribution >= 0.6 is 0 Å². The van der Waals surface area contributed by atoms with Crippen LogP contribution in [0.1, 0.15) is 51.2 Å². The Bertz CT molecular complexity index is 919. The smallest absolute Gasteiger partial charge is 0.407 e. The molecule has 0 aliphatic heterocycles. The van der Waals surface area contributed by atoms with E-state index in [1.165, 1.54) is 0 Å². The number of phenols is 2. The molecule has 0 radical (unpaired) electrons. The molecule has 0 aliphatic rings. The van der Waals surface area contributed by atoms with Crippen molar-refractivity contribution in [2.45, 2.75) is 51.7 Å². The van der Waals surface area contributed by atoms with Crippen molar-refractivity contribution in [3.8, 4) is 11.5 Å². The van der Waals surface area contributed by atoms with Crippen molar-refractivity contribution in [3.63, 3.8) is 0 Å². The molecule has 0 fully saturated rings. The zero-order valence-electron chi connectivity index (χ0n) is 19.0. The van der Waals surface area contributed by atoms with Crippen LogP contribution < -0.4 is 5.32 Å². The summed E-state index contributed by atoms with van der Waals surface area (Å²) in [5, 5.41) is 22.6. The third-order valence-electron chi connectivity index (χ3n) is 4.48. The van der Waals surface area contributed by atoms with Gasteiger partial charge in [-0.25, -0.2) is 4.79 Å². The summed E-state index contributed by atoms with van der Waals surface area (Å²) < 4.78 is 5.23. The third kappa shape index (κ3) is 9.64. The lowest BCUT2D eigenvalue weighted by Gasteiger charge is -2.19. The Labute approximate surface area is 189 Å². The zero-order valence-corrected chi connectivity index (χ0v) is 19.0. The molecule has 0 unspecified atom stereocenters. The van der Waals surface area contributed by atoms with E-state index in [1.807, 2.05) is 32.9 Å². The number of phenolic OH excluding ortho intramolecular Hbond substituents is 2. The van der Waals surface area contributed by atoms with E-state index in [-0.39, 0.29) is 17.5 Å². The number of para-hydroxylation sites is 2. The van der Waals surface area contributed by atoms with Gasteiger partial charge in [-0.1, -0.05) is 24.3 Å². The second-order valence-electron chi connectivity index (χ2n) is 8.47. The summed E-state index contributed by atoms with van der Waals surface area (Å²) in [6.07, 6.45) is 5.27. The molecule has 0 spiro atoms. The number of unbranched alkanes of at least 4 members (excludes halogenated alkanes) is 1. The van der Waals surface area contributed by atoms with Crippen LogP contribution in [0.3, 0.4) is 0 Å². The van der Waals surface area contributed by atoms with Gasteiger partial charge in [0, 0.05) is 30.1 Å². The molecule has 2 aromatic rings. The van der Waals surface area contributed by atoms with Gasteiger partial charge in [-0.3, -0.25) is 9.98 Å². The number of amides is 1. The predicted molar refractivity (Wildman–Crippen MR) is 128 cm³/mol. The van der Waals surface area contributed by atoms with Crippen molar-refractivity contribution >= 4 is 18.5 Å². The lowest BCUT2D eigenvalue weighted by molar-refractivity contribution is 0.0527. The van der Waals surface area contributed by atoms with Crippen molar-refractivity contribution in [2.75, 3.05) is 13.1 Å². The van der Waals surface area contributed by atoms with Gasteiger partial charge in [0.05, 0.1) is 12.6 Å². The quantitative estimate of drug-likeness (QED) is 0.369. The van der Waals surface area contributed by atoms with Crippen LogP contribution in [0.4, 0.5) is 4.79 Å². The van der Waals surface area contributed by atoms with Gasteiger partial charge in [-0.05, 0) is 64.3 Å². The molecule has 172 valence electrons. The van der Waals surface area contributed by atoms with Gasteiger partial charge >= 0.3 is 6.09 Å². The Hall–Kier alpha value is -3.35. The number of aromatic hydroxyl groups is 2. The van der Waals surface area contributed by atoms with Crippen LogP contribution in [0.2, 0.25) is 0 Å². The molecule has 0 aliphatic carbocycles. The van der Waals surface area contributed by atoms with Gasteiger partial charge < -0.3 is 20.3 Å². The molecule has 32 heavy (non-hydrogen) atoms. The summed E-state index contributed by atoms with van der Waals surface area (Å²) in [7, 11) is 0. The van der Waals surface area contributed by atoms with E-state index in [4.69, 9.17) is 4.74 Å². The number of nitrogens with zero attached hydrogens (tertiary/aromatic N) is 2. The largest absolute Gasteiger partial charge is 0.507 e. The van der Waals surface area contributed by atoms with Gasteiger partial charge in [-0.15, -0.1) is 0 Å². The number of carbonyl (C=O) groups is 1. The number of ether oxygens (including phenoxy) is 1. The van der Waals surface area contributed by atoms with Gasteiger partial charge in [0.25, 0.3) is 0 Å². The molecular weight excluding hydrogens is 406 g/mol. The predicted octanol–water partition coefficient (Wildman–Crippen LogP) is 4.70. The monoisotopic (exact) mass is 439 g/mol. The Morgan fingerprint density at radius 2 is 1.59 bits per heavy atom. The van der Waals surface area contributed by atoms with E-state index in [0.717, 1.165) is 19.3 Å². The fourth-order valence-electron chi connectivity index (χ4n) is 2.87. The summed E-state index contributed by atoms with van der Waals surface area (Å²) in [5.74, 6) is 0.355. The zero-order chi connectivity index (χ0) is 23.4. The van der Waals surface area contributed by atoms with Crippen LogP contribution in [0.5, 0.6) is 11.5 Å². The number of alkyl carbamates (subject to hydrolysis) is 1. The van der Waals surface area contributed by atoms with Crippen LogP contribution in [0, 0.1) is 0 Å². The Morgan fingerprint density at radius 1 is 1.00 bits per heavy atom.